The molecule has 5 rings (SSSR count). The number of nitrogens with one attached hydrogen (secondary N) is 2. The molecule has 1 aliphatic rings. The van der Waals surface area contributed by atoms with Crippen LogP contribution in [0.25, 0.3) is 0 Å². The highest BCUT2D eigenvalue weighted by Gasteiger charge is 2.53. The standard InChI is InChI=1S/C34H34BrN3O4/c1-24-9-7-10-25(21-24)23-36-38-33(40)34(22-28-13-5-6-14-30(28)35)31(26-11-3-2-4-12-26)42-32(37-34)27-15-17-29(18-16-27)41-20-8-19-39/h2-7,9-18,21,31,36,39H,8,19-20,22-23H2,1H3,(H,38,40)/t31-,34-/m0/s1. The molecule has 2 atom stereocenters. The Morgan fingerprint density at radius 3 is 2.50 bits per heavy atom. The Bertz CT molecular complexity index is 1530. The van der Waals surface area contributed by atoms with Crippen LogP contribution >= 0.6 is 15.9 Å². The van der Waals surface area contributed by atoms with Crippen molar-refractivity contribution in [2.24, 2.45) is 4.99 Å². The fraction of sp³-hybridized carbons (Fsp3) is 0.235. The number of nitrogens with zero attached hydrogens (tertiary/aromatic N) is 1. The maximum Gasteiger partial charge on any atom is 0.266 e. The summed E-state index contributed by atoms with van der Waals surface area (Å²) in [5.74, 6) is 0.772. The minimum atomic E-state index is -1.31. The zero-order valence-corrected chi connectivity index (χ0v) is 25.0. The van der Waals surface area contributed by atoms with Crippen LogP contribution in [0.5, 0.6) is 5.75 Å². The summed E-state index contributed by atoms with van der Waals surface area (Å²) in [6.45, 7) is 3.00. The molecule has 0 saturated heterocycles. The third-order valence-corrected chi connectivity index (χ3v) is 7.90. The molecule has 216 valence electrons. The van der Waals surface area contributed by atoms with Gasteiger partial charge in [-0.15, -0.1) is 0 Å². The lowest BCUT2D eigenvalue weighted by Gasteiger charge is -2.31. The average molecular weight is 629 g/mol. The summed E-state index contributed by atoms with van der Waals surface area (Å²) < 4.78 is 13.2. The molecular weight excluding hydrogens is 594 g/mol. The van der Waals surface area contributed by atoms with Gasteiger partial charge in [-0.3, -0.25) is 10.2 Å². The van der Waals surface area contributed by atoms with Crippen molar-refractivity contribution in [2.45, 2.75) is 38.0 Å². The van der Waals surface area contributed by atoms with E-state index in [2.05, 4.69) is 32.8 Å². The number of hydrogen-bond donors (Lipinski definition) is 3. The van der Waals surface area contributed by atoms with Gasteiger partial charge in [0, 0.05) is 36.0 Å². The van der Waals surface area contributed by atoms with Crippen LogP contribution in [0.15, 0.2) is 113 Å². The molecule has 0 aromatic heterocycles. The molecule has 4 aromatic rings. The van der Waals surface area contributed by atoms with Gasteiger partial charge in [-0.05, 0) is 53.9 Å². The Balaban J connectivity index is 1.50. The first kappa shape index (κ1) is 29.5. The predicted molar refractivity (Wildman–Crippen MR) is 167 cm³/mol. The van der Waals surface area contributed by atoms with Crippen molar-refractivity contribution in [1.29, 1.82) is 0 Å². The van der Waals surface area contributed by atoms with E-state index in [0.29, 0.717) is 37.6 Å². The lowest BCUT2D eigenvalue weighted by molar-refractivity contribution is -0.130. The Morgan fingerprint density at radius 1 is 1.00 bits per heavy atom. The molecule has 0 radical (unpaired) electrons. The van der Waals surface area contributed by atoms with Crippen LogP contribution < -0.4 is 15.6 Å². The summed E-state index contributed by atoms with van der Waals surface area (Å²) in [6.07, 6.45) is 0.181. The number of aliphatic hydroxyl groups is 1. The number of benzene rings is 4. The largest absolute Gasteiger partial charge is 0.494 e. The van der Waals surface area contributed by atoms with Gasteiger partial charge in [-0.25, -0.2) is 10.4 Å². The van der Waals surface area contributed by atoms with E-state index in [1.54, 1.807) is 0 Å². The maximum atomic E-state index is 14.3. The maximum absolute atomic E-state index is 14.3. The van der Waals surface area contributed by atoms with Crippen LogP contribution in [0.1, 0.15) is 40.3 Å². The molecule has 8 heteroatoms. The van der Waals surface area contributed by atoms with Crippen molar-refractivity contribution < 1.29 is 19.4 Å². The number of hydrogen-bond acceptors (Lipinski definition) is 6. The van der Waals surface area contributed by atoms with E-state index in [0.717, 1.165) is 32.3 Å². The molecule has 3 N–H and O–H groups in total. The zero-order valence-electron chi connectivity index (χ0n) is 23.4. The number of aliphatic imine (C=N–C) groups is 1. The van der Waals surface area contributed by atoms with E-state index in [9.17, 15) is 4.79 Å². The van der Waals surface area contributed by atoms with Gasteiger partial charge < -0.3 is 14.6 Å². The first-order valence-corrected chi connectivity index (χ1v) is 14.8. The van der Waals surface area contributed by atoms with E-state index in [1.807, 2.05) is 104 Å². The molecule has 1 heterocycles. The average Bonchev–Trinajstić information content (AvgIpc) is 3.40. The van der Waals surface area contributed by atoms with Gasteiger partial charge in [-0.2, -0.15) is 0 Å². The smallest absolute Gasteiger partial charge is 0.266 e. The Labute approximate surface area is 254 Å². The molecule has 0 spiro atoms. The predicted octanol–water partition coefficient (Wildman–Crippen LogP) is 5.84. The molecule has 0 fully saturated rings. The van der Waals surface area contributed by atoms with Gasteiger partial charge in [0.05, 0.1) is 6.61 Å². The second kappa shape index (κ2) is 13.8. The molecule has 42 heavy (non-hydrogen) atoms. The summed E-state index contributed by atoms with van der Waals surface area (Å²) in [7, 11) is 0. The number of aryl methyl sites for hydroxylation is 1. The molecule has 0 unspecified atom stereocenters. The van der Waals surface area contributed by atoms with E-state index in [4.69, 9.17) is 19.6 Å². The molecule has 1 amide bonds. The molecular formula is C34H34BrN3O4. The number of hydrazine groups is 1. The van der Waals surface area contributed by atoms with Crippen molar-refractivity contribution in [3.8, 4) is 5.75 Å². The van der Waals surface area contributed by atoms with Crippen molar-refractivity contribution >= 4 is 27.7 Å². The van der Waals surface area contributed by atoms with Gasteiger partial charge in [0.1, 0.15) is 5.75 Å². The normalized spacial score (nSPS) is 17.8. The fourth-order valence-electron chi connectivity index (χ4n) is 5.00. The van der Waals surface area contributed by atoms with Crippen LogP contribution in [-0.4, -0.2) is 35.7 Å². The topological polar surface area (TPSA) is 92.2 Å². The SMILES string of the molecule is Cc1cccc(CNNC(=O)[C@@]2(Cc3ccccc3Br)N=C(c3ccc(OCCCO)cc3)O[C@H]2c2ccccc2)c1. The Kier molecular flexibility index (Phi) is 9.69. The molecule has 7 nitrogen and oxygen atoms in total. The van der Waals surface area contributed by atoms with E-state index in [-0.39, 0.29) is 12.5 Å². The first-order valence-electron chi connectivity index (χ1n) is 14.0. The van der Waals surface area contributed by atoms with Crippen LogP contribution in [0.2, 0.25) is 0 Å². The number of halogens is 1. The van der Waals surface area contributed by atoms with Crippen LogP contribution in [0, 0.1) is 6.92 Å². The molecule has 0 aliphatic carbocycles. The minimum Gasteiger partial charge on any atom is -0.494 e. The first-order chi connectivity index (χ1) is 20.5. The van der Waals surface area contributed by atoms with Crippen LogP contribution in [0.4, 0.5) is 0 Å². The van der Waals surface area contributed by atoms with Crippen molar-refractivity contribution in [2.75, 3.05) is 13.2 Å². The summed E-state index contributed by atoms with van der Waals surface area (Å²) in [4.78, 5) is 19.4. The van der Waals surface area contributed by atoms with Gasteiger partial charge in [0.2, 0.25) is 5.90 Å². The summed E-state index contributed by atoms with van der Waals surface area (Å²) in [5, 5.41) is 9.04. The van der Waals surface area contributed by atoms with E-state index in [1.165, 1.54) is 0 Å². The minimum absolute atomic E-state index is 0.0745. The van der Waals surface area contributed by atoms with E-state index < -0.39 is 11.6 Å². The van der Waals surface area contributed by atoms with Crippen LogP contribution in [0.3, 0.4) is 0 Å². The Morgan fingerprint density at radius 2 is 1.76 bits per heavy atom. The highest BCUT2D eigenvalue weighted by Crippen LogP contribution is 2.43. The van der Waals surface area contributed by atoms with Crippen molar-refractivity contribution in [3.05, 3.63) is 135 Å². The van der Waals surface area contributed by atoms with E-state index >= 15 is 0 Å². The number of carbonyl (C=O) groups is 1. The molecule has 0 saturated carbocycles. The third-order valence-electron chi connectivity index (χ3n) is 7.13. The Hall–Kier alpha value is -3.98. The second-order valence-electron chi connectivity index (χ2n) is 10.3. The zero-order chi connectivity index (χ0) is 29.4. The highest BCUT2D eigenvalue weighted by atomic mass is 79.9. The van der Waals surface area contributed by atoms with Gasteiger partial charge in [0.15, 0.2) is 11.6 Å². The number of rotatable bonds is 12. The summed E-state index contributed by atoms with van der Waals surface area (Å²) in [6, 6.07) is 33.2. The van der Waals surface area contributed by atoms with Gasteiger partial charge in [0.25, 0.3) is 5.91 Å². The second-order valence-corrected chi connectivity index (χ2v) is 11.1. The lowest BCUT2D eigenvalue weighted by atomic mass is 9.82. The summed E-state index contributed by atoms with van der Waals surface area (Å²) in [5.41, 5.74) is 9.49. The molecule has 0 bridgehead atoms. The number of carbonyl (C=O) groups excluding carboxylic acids is 1. The quantitative estimate of drug-likeness (QED) is 0.136. The molecule has 1 aliphatic heterocycles. The number of ether oxygens (including phenoxy) is 2. The van der Waals surface area contributed by atoms with Gasteiger partial charge >= 0.3 is 0 Å². The van der Waals surface area contributed by atoms with Gasteiger partial charge in [-0.1, -0.05) is 94.3 Å². The molecule has 4 aromatic carbocycles. The lowest BCUT2D eigenvalue weighted by Crippen LogP contribution is -2.53. The third kappa shape index (κ3) is 6.90. The summed E-state index contributed by atoms with van der Waals surface area (Å²) >= 11 is 3.67. The monoisotopic (exact) mass is 627 g/mol. The van der Waals surface area contributed by atoms with Crippen LogP contribution in [-0.2, 0) is 22.5 Å². The van der Waals surface area contributed by atoms with Crippen molar-refractivity contribution in [1.82, 2.24) is 10.9 Å². The fourth-order valence-corrected chi connectivity index (χ4v) is 5.42. The highest BCUT2D eigenvalue weighted by molar-refractivity contribution is 9.10. The number of aliphatic hydroxyl groups excluding tert-OH is 1. The number of amides is 1. The van der Waals surface area contributed by atoms with Crippen molar-refractivity contribution in [3.63, 3.8) is 0 Å².